The highest BCUT2D eigenvalue weighted by atomic mass is 16.5. The van der Waals surface area contributed by atoms with Gasteiger partial charge in [0.15, 0.2) is 11.5 Å². The van der Waals surface area contributed by atoms with Crippen molar-refractivity contribution in [3.63, 3.8) is 0 Å². The minimum Gasteiger partial charge on any atom is -0.494 e. The smallest absolute Gasteiger partial charge is 0.244 e. The molecule has 0 aromatic heterocycles. The Bertz CT molecular complexity index is 907. The first-order valence-electron chi connectivity index (χ1n) is 11.5. The Morgan fingerprint density at radius 1 is 1.06 bits per heavy atom. The molecule has 33 heavy (non-hydrogen) atoms. The Labute approximate surface area is 196 Å². The topological polar surface area (TPSA) is 69.3 Å². The standard InChI is InChI=1S/C26H34N2O5/c1-4-32-22-10-6-20(7-11-22)8-13-26(29)27-19-23(28-14-16-31-17-15-28)21-9-12-24(33-5-2)25(18-21)30-3/h6-13,18,23H,4-5,14-17,19H2,1-3H3,(H,27,29)/b13-8+. The third-order valence-electron chi connectivity index (χ3n) is 5.45. The van der Waals surface area contributed by atoms with Crippen LogP contribution in [0.25, 0.3) is 6.08 Å². The van der Waals surface area contributed by atoms with Gasteiger partial charge in [-0.25, -0.2) is 0 Å². The number of ether oxygens (including phenoxy) is 4. The van der Waals surface area contributed by atoms with E-state index in [1.54, 1.807) is 19.3 Å². The van der Waals surface area contributed by atoms with Crippen LogP contribution in [0.15, 0.2) is 48.5 Å². The molecule has 1 saturated heterocycles. The predicted molar refractivity (Wildman–Crippen MR) is 129 cm³/mol. The van der Waals surface area contributed by atoms with Gasteiger partial charge in [-0.1, -0.05) is 18.2 Å². The van der Waals surface area contributed by atoms with Gasteiger partial charge in [-0.15, -0.1) is 0 Å². The van der Waals surface area contributed by atoms with E-state index >= 15 is 0 Å². The third kappa shape index (κ3) is 7.23. The van der Waals surface area contributed by atoms with Crippen LogP contribution in [-0.2, 0) is 9.53 Å². The number of nitrogens with one attached hydrogen (secondary N) is 1. The minimum absolute atomic E-state index is 0.00121. The van der Waals surface area contributed by atoms with Gasteiger partial charge in [-0.2, -0.15) is 0 Å². The number of carbonyl (C=O) groups excluding carboxylic acids is 1. The molecule has 3 rings (SSSR count). The molecule has 178 valence electrons. The van der Waals surface area contributed by atoms with Crippen molar-refractivity contribution in [3.05, 3.63) is 59.7 Å². The number of methoxy groups -OCH3 is 1. The van der Waals surface area contributed by atoms with E-state index in [0.29, 0.717) is 44.5 Å². The molecule has 0 aliphatic carbocycles. The van der Waals surface area contributed by atoms with Crippen molar-refractivity contribution in [1.82, 2.24) is 10.2 Å². The summed E-state index contributed by atoms with van der Waals surface area (Å²) in [5.41, 5.74) is 2.00. The summed E-state index contributed by atoms with van der Waals surface area (Å²) in [6, 6.07) is 13.6. The quantitative estimate of drug-likeness (QED) is 0.522. The number of hydrogen-bond acceptors (Lipinski definition) is 6. The van der Waals surface area contributed by atoms with Crippen LogP contribution >= 0.6 is 0 Å². The Balaban J connectivity index is 1.68. The molecule has 2 aromatic carbocycles. The molecule has 0 radical (unpaired) electrons. The van der Waals surface area contributed by atoms with Crippen molar-refractivity contribution in [1.29, 1.82) is 0 Å². The minimum atomic E-state index is -0.139. The van der Waals surface area contributed by atoms with Crippen LogP contribution < -0.4 is 19.5 Å². The van der Waals surface area contributed by atoms with Crippen molar-refractivity contribution in [3.8, 4) is 17.2 Å². The van der Waals surface area contributed by atoms with Crippen LogP contribution in [0.4, 0.5) is 0 Å². The SMILES string of the molecule is CCOc1ccc(/C=C/C(=O)NCC(c2ccc(OCC)c(OC)c2)N2CCOCC2)cc1. The average molecular weight is 455 g/mol. The van der Waals surface area contributed by atoms with E-state index in [-0.39, 0.29) is 11.9 Å². The Morgan fingerprint density at radius 3 is 2.45 bits per heavy atom. The van der Waals surface area contributed by atoms with Crippen molar-refractivity contribution < 1.29 is 23.7 Å². The van der Waals surface area contributed by atoms with E-state index in [4.69, 9.17) is 18.9 Å². The molecule has 1 heterocycles. The number of morpholine rings is 1. The normalized spacial score (nSPS) is 15.2. The average Bonchev–Trinajstić information content (AvgIpc) is 2.85. The maximum Gasteiger partial charge on any atom is 0.244 e. The van der Waals surface area contributed by atoms with E-state index in [2.05, 4.69) is 10.2 Å². The lowest BCUT2D eigenvalue weighted by Crippen LogP contribution is -2.43. The van der Waals surface area contributed by atoms with Gasteiger partial charge in [0.2, 0.25) is 5.91 Å². The highest BCUT2D eigenvalue weighted by Crippen LogP contribution is 2.32. The second-order valence-corrected chi connectivity index (χ2v) is 7.59. The van der Waals surface area contributed by atoms with Gasteiger partial charge in [0.05, 0.1) is 39.6 Å². The van der Waals surface area contributed by atoms with Crippen molar-refractivity contribution in [2.75, 3.05) is 53.2 Å². The lowest BCUT2D eigenvalue weighted by atomic mass is 10.0. The maximum atomic E-state index is 12.6. The monoisotopic (exact) mass is 454 g/mol. The first-order valence-corrected chi connectivity index (χ1v) is 11.5. The molecule has 0 saturated carbocycles. The van der Waals surface area contributed by atoms with Gasteiger partial charge >= 0.3 is 0 Å². The van der Waals surface area contributed by atoms with Crippen LogP contribution in [0.5, 0.6) is 17.2 Å². The zero-order chi connectivity index (χ0) is 23.5. The van der Waals surface area contributed by atoms with E-state index in [1.807, 2.05) is 56.3 Å². The van der Waals surface area contributed by atoms with E-state index in [9.17, 15) is 4.79 Å². The Morgan fingerprint density at radius 2 is 1.79 bits per heavy atom. The molecule has 1 aliphatic heterocycles. The summed E-state index contributed by atoms with van der Waals surface area (Å²) in [5.74, 6) is 2.08. The van der Waals surface area contributed by atoms with Gasteiger partial charge < -0.3 is 24.3 Å². The fraction of sp³-hybridized carbons (Fsp3) is 0.423. The predicted octanol–water partition coefficient (Wildman–Crippen LogP) is 3.70. The molecule has 0 bridgehead atoms. The summed E-state index contributed by atoms with van der Waals surface area (Å²) in [6.45, 7) is 8.53. The molecular weight excluding hydrogens is 420 g/mol. The zero-order valence-electron chi connectivity index (χ0n) is 19.7. The second-order valence-electron chi connectivity index (χ2n) is 7.59. The number of carbonyl (C=O) groups is 1. The number of rotatable bonds is 11. The van der Waals surface area contributed by atoms with Crippen molar-refractivity contribution in [2.24, 2.45) is 0 Å². The number of amides is 1. The van der Waals surface area contributed by atoms with Crippen LogP contribution in [0.3, 0.4) is 0 Å². The van der Waals surface area contributed by atoms with Gasteiger partial charge in [0.1, 0.15) is 5.75 Å². The van der Waals surface area contributed by atoms with Gasteiger partial charge in [0.25, 0.3) is 0 Å². The van der Waals surface area contributed by atoms with E-state index in [1.165, 1.54) is 0 Å². The summed E-state index contributed by atoms with van der Waals surface area (Å²) < 4.78 is 22.2. The molecule has 1 atom stereocenters. The van der Waals surface area contributed by atoms with Gasteiger partial charge in [-0.05, 0) is 55.3 Å². The lowest BCUT2D eigenvalue weighted by Gasteiger charge is -2.35. The number of nitrogens with zero attached hydrogens (tertiary/aromatic N) is 1. The van der Waals surface area contributed by atoms with Crippen LogP contribution in [0.1, 0.15) is 31.0 Å². The van der Waals surface area contributed by atoms with E-state index in [0.717, 1.165) is 30.0 Å². The Kier molecular flexibility index (Phi) is 9.59. The summed E-state index contributed by atoms with van der Waals surface area (Å²) in [5, 5.41) is 3.05. The van der Waals surface area contributed by atoms with Gasteiger partial charge in [-0.3, -0.25) is 9.69 Å². The zero-order valence-corrected chi connectivity index (χ0v) is 19.7. The molecule has 7 nitrogen and oxygen atoms in total. The Hall–Kier alpha value is -3.03. The van der Waals surface area contributed by atoms with Crippen LogP contribution in [0.2, 0.25) is 0 Å². The summed E-state index contributed by atoms with van der Waals surface area (Å²) in [4.78, 5) is 14.9. The number of hydrogen-bond donors (Lipinski definition) is 1. The third-order valence-corrected chi connectivity index (χ3v) is 5.45. The molecule has 1 unspecified atom stereocenters. The second kappa shape index (κ2) is 12.9. The molecule has 1 amide bonds. The molecule has 0 spiro atoms. The summed E-state index contributed by atoms with van der Waals surface area (Å²) >= 11 is 0. The largest absolute Gasteiger partial charge is 0.494 e. The highest BCUT2D eigenvalue weighted by Gasteiger charge is 2.24. The number of benzene rings is 2. The first kappa shape index (κ1) is 24.6. The molecule has 7 heteroatoms. The fourth-order valence-electron chi connectivity index (χ4n) is 3.78. The highest BCUT2D eigenvalue weighted by molar-refractivity contribution is 5.91. The van der Waals surface area contributed by atoms with Gasteiger partial charge in [0, 0.05) is 25.7 Å². The van der Waals surface area contributed by atoms with Crippen molar-refractivity contribution in [2.45, 2.75) is 19.9 Å². The summed E-state index contributed by atoms with van der Waals surface area (Å²) in [7, 11) is 1.64. The fourth-order valence-corrected chi connectivity index (χ4v) is 3.78. The lowest BCUT2D eigenvalue weighted by molar-refractivity contribution is -0.116. The molecular formula is C26H34N2O5. The van der Waals surface area contributed by atoms with Crippen molar-refractivity contribution >= 4 is 12.0 Å². The molecule has 1 N–H and O–H groups in total. The molecule has 1 fully saturated rings. The van der Waals surface area contributed by atoms with Crippen LogP contribution in [0, 0.1) is 0 Å². The van der Waals surface area contributed by atoms with E-state index < -0.39 is 0 Å². The molecule has 1 aliphatic rings. The summed E-state index contributed by atoms with van der Waals surface area (Å²) in [6.07, 6.45) is 3.36. The molecule has 2 aromatic rings. The first-order chi connectivity index (χ1) is 16.1. The maximum absolute atomic E-state index is 12.6. The van der Waals surface area contributed by atoms with Crippen LogP contribution in [-0.4, -0.2) is 64.0 Å².